The summed E-state index contributed by atoms with van der Waals surface area (Å²) in [5, 5.41) is 18.3. The minimum atomic E-state index is 0.499. The molecule has 33 heavy (non-hydrogen) atoms. The zero-order chi connectivity index (χ0) is 23.6. The number of nitriles is 2. The van der Waals surface area contributed by atoms with Crippen molar-refractivity contribution in [3.8, 4) is 45.9 Å². The maximum atomic E-state index is 9.16. The third-order valence-electron chi connectivity index (χ3n) is 5.97. The molecule has 168 valence electrons. The smallest absolute Gasteiger partial charge is 0.128 e. The van der Waals surface area contributed by atoms with Gasteiger partial charge < -0.3 is 9.47 Å². The van der Waals surface area contributed by atoms with Crippen LogP contribution in [0.1, 0.15) is 50.7 Å². The number of benzene rings is 3. The van der Waals surface area contributed by atoms with Crippen molar-refractivity contribution in [1.29, 1.82) is 10.5 Å². The SMILES string of the molecule is CCCCC(CC)COc1cc(-c2ccc(C#N)cc2)c(OC)cc1-c1ccc(C#N)cc1. The van der Waals surface area contributed by atoms with Crippen molar-refractivity contribution in [2.45, 2.75) is 39.5 Å². The molecule has 3 aromatic carbocycles. The van der Waals surface area contributed by atoms with Gasteiger partial charge in [0.25, 0.3) is 0 Å². The summed E-state index contributed by atoms with van der Waals surface area (Å²) >= 11 is 0. The van der Waals surface area contributed by atoms with E-state index in [1.807, 2.05) is 60.7 Å². The quantitative estimate of drug-likeness (QED) is 0.331. The van der Waals surface area contributed by atoms with Gasteiger partial charge >= 0.3 is 0 Å². The Hall–Kier alpha value is -3.76. The number of hydrogen-bond acceptors (Lipinski definition) is 4. The first-order valence-electron chi connectivity index (χ1n) is 11.5. The molecule has 0 bridgehead atoms. The van der Waals surface area contributed by atoms with Crippen molar-refractivity contribution in [1.82, 2.24) is 0 Å². The molecule has 1 atom stereocenters. The number of methoxy groups -OCH3 is 1. The van der Waals surface area contributed by atoms with Crippen LogP contribution >= 0.6 is 0 Å². The first-order chi connectivity index (χ1) is 16.1. The lowest BCUT2D eigenvalue weighted by molar-refractivity contribution is 0.234. The van der Waals surface area contributed by atoms with Gasteiger partial charge in [0.05, 0.1) is 37.0 Å². The van der Waals surface area contributed by atoms with Crippen LogP contribution in [0.15, 0.2) is 60.7 Å². The number of ether oxygens (including phenoxy) is 2. The normalized spacial score (nSPS) is 11.3. The molecule has 0 N–H and O–H groups in total. The summed E-state index contributed by atoms with van der Waals surface area (Å²) in [6.45, 7) is 5.07. The first kappa shape index (κ1) is 23.9. The molecule has 0 aliphatic heterocycles. The Bertz CT molecular complexity index is 1140. The molecule has 0 saturated carbocycles. The summed E-state index contributed by atoms with van der Waals surface area (Å²) in [5.41, 5.74) is 5.00. The van der Waals surface area contributed by atoms with E-state index >= 15 is 0 Å². The second-order valence-corrected chi connectivity index (χ2v) is 8.15. The molecular formula is C29H30N2O2. The van der Waals surface area contributed by atoms with Crippen LogP contribution in [0.2, 0.25) is 0 Å². The van der Waals surface area contributed by atoms with E-state index in [-0.39, 0.29) is 0 Å². The zero-order valence-electron chi connectivity index (χ0n) is 19.6. The van der Waals surface area contributed by atoms with E-state index in [1.54, 1.807) is 7.11 Å². The summed E-state index contributed by atoms with van der Waals surface area (Å²) in [4.78, 5) is 0. The molecule has 1 unspecified atom stereocenters. The zero-order valence-corrected chi connectivity index (χ0v) is 19.6. The standard InChI is InChI=1S/C29H30N2O2/c1-4-6-7-21(5-2)20-33-29-17-26(24-12-8-22(18-30)9-13-24)28(32-3)16-27(29)25-14-10-23(19-31)11-15-25/h8-17,21H,4-7,20H2,1-3H3. The van der Waals surface area contributed by atoms with E-state index in [0.717, 1.165) is 46.6 Å². The highest BCUT2D eigenvalue weighted by molar-refractivity contribution is 5.81. The average molecular weight is 439 g/mol. The molecule has 0 heterocycles. The summed E-state index contributed by atoms with van der Waals surface area (Å²) in [6, 6.07) is 23.3. The molecule has 0 spiro atoms. The minimum Gasteiger partial charge on any atom is -0.496 e. The van der Waals surface area contributed by atoms with E-state index in [9.17, 15) is 0 Å². The largest absolute Gasteiger partial charge is 0.496 e. The van der Waals surface area contributed by atoms with E-state index in [0.29, 0.717) is 23.7 Å². The van der Waals surface area contributed by atoms with Crippen LogP contribution in [-0.2, 0) is 0 Å². The molecular weight excluding hydrogens is 408 g/mol. The van der Waals surface area contributed by atoms with Gasteiger partial charge in [0.1, 0.15) is 11.5 Å². The summed E-state index contributed by atoms with van der Waals surface area (Å²) in [5.74, 6) is 2.01. The molecule has 4 heteroatoms. The lowest BCUT2D eigenvalue weighted by Crippen LogP contribution is -2.12. The summed E-state index contributed by atoms with van der Waals surface area (Å²) in [6.07, 6.45) is 4.60. The maximum Gasteiger partial charge on any atom is 0.128 e. The first-order valence-corrected chi connectivity index (χ1v) is 11.5. The van der Waals surface area contributed by atoms with Gasteiger partial charge in [-0.1, -0.05) is 57.4 Å². The molecule has 0 aliphatic carbocycles. The second kappa shape index (κ2) is 11.7. The maximum absolute atomic E-state index is 9.16. The lowest BCUT2D eigenvalue weighted by Gasteiger charge is -2.20. The van der Waals surface area contributed by atoms with Crippen LogP contribution in [0.5, 0.6) is 11.5 Å². The predicted molar refractivity (Wildman–Crippen MR) is 132 cm³/mol. The Labute approximate surface area is 197 Å². The predicted octanol–water partition coefficient (Wildman–Crippen LogP) is 7.37. The number of nitrogens with zero attached hydrogens (tertiary/aromatic N) is 2. The fourth-order valence-corrected chi connectivity index (χ4v) is 3.85. The van der Waals surface area contributed by atoms with Gasteiger partial charge in [0.15, 0.2) is 0 Å². The Morgan fingerprint density at radius 3 is 1.76 bits per heavy atom. The van der Waals surface area contributed by atoms with Crippen molar-refractivity contribution in [3.05, 3.63) is 71.8 Å². The Morgan fingerprint density at radius 1 is 0.788 bits per heavy atom. The molecule has 0 radical (unpaired) electrons. The van der Waals surface area contributed by atoms with Gasteiger partial charge in [0, 0.05) is 11.1 Å². The highest BCUT2D eigenvalue weighted by atomic mass is 16.5. The van der Waals surface area contributed by atoms with E-state index in [4.69, 9.17) is 20.0 Å². The second-order valence-electron chi connectivity index (χ2n) is 8.15. The van der Waals surface area contributed by atoms with Gasteiger partial charge in [-0.15, -0.1) is 0 Å². The molecule has 4 nitrogen and oxygen atoms in total. The minimum absolute atomic E-state index is 0.499. The Kier molecular flexibility index (Phi) is 8.50. The van der Waals surface area contributed by atoms with Gasteiger partial charge in [-0.2, -0.15) is 10.5 Å². The van der Waals surface area contributed by atoms with E-state index in [2.05, 4.69) is 26.0 Å². The van der Waals surface area contributed by atoms with Crippen LogP contribution in [-0.4, -0.2) is 13.7 Å². The van der Waals surface area contributed by atoms with Crippen molar-refractivity contribution < 1.29 is 9.47 Å². The number of hydrogen-bond donors (Lipinski definition) is 0. The monoisotopic (exact) mass is 438 g/mol. The van der Waals surface area contributed by atoms with Crippen LogP contribution < -0.4 is 9.47 Å². The van der Waals surface area contributed by atoms with Gasteiger partial charge in [-0.25, -0.2) is 0 Å². The summed E-state index contributed by atoms with van der Waals surface area (Å²) in [7, 11) is 1.66. The molecule has 0 amide bonds. The molecule has 0 saturated heterocycles. The molecule has 3 aromatic rings. The Balaban J connectivity index is 2.06. The van der Waals surface area contributed by atoms with Gasteiger partial charge in [0.2, 0.25) is 0 Å². The van der Waals surface area contributed by atoms with Crippen molar-refractivity contribution in [2.24, 2.45) is 5.92 Å². The van der Waals surface area contributed by atoms with Crippen LogP contribution in [0.3, 0.4) is 0 Å². The third-order valence-corrected chi connectivity index (χ3v) is 5.97. The lowest BCUT2D eigenvalue weighted by atomic mass is 9.96. The van der Waals surface area contributed by atoms with Gasteiger partial charge in [-0.05, 0) is 59.9 Å². The molecule has 0 fully saturated rings. The van der Waals surface area contributed by atoms with Crippen LogP contribution in [0.4, 0.5) is 0 Å². The van der Waals surface area contributed by atoms with Crippen molar-refractivity contribution in [3.63, 3.8) is 0 Å². The fourth-order valence-electron chi connectivity index (χ4n) is 3.85. The molecule has 0 aromatic heterocycles. The fraction of sp³-hybridized carbons (Fsp3) is 0.310. The van der Waals surface area contributed by atoms with E-state index < -0.39 is 0 Å². The summed E-state index contributed by atoms with van der Waals surface area (Å²) < 4.78 is 12.2. The van der Waals surface area contributed by atoms with Crippen LogP contribution in [0, 0.1) is 28.6 Å². The molecule has 3 rings (SSSR count). The number of unbranched alkanes of at least 4 members (excludes halogenated alkanes) is 1. The third kappa shape index (κ3) is 5.93. The van der Waals surface area contributed by atoms with Crippen molar-refractivity contribution in [2.75, 3.05) is 13.7 Å². The van der Waals surface area contributed by atoms with Crippen LogP contribution in [0.25, 0.3) is 22.3 Å². The van der Waals surface area contributed by atoms with E-state index in [1.165, 1.54) is 12.8 Å². The Morgan fingerprint density at radius 2 is 1.30 bits per heavy atom. The topological polar surface area (TPSA) is 66.0 Å². The number of rotatable bonds is 10. The molecule has 0 aliphatic rings. The highest BCUT2D eigenvalue weighted by Crippen LogP contribution is 2.41. The average Bonchev–Trinajstić information content (AvgIpc) is 2.88. The van der Waals surface area contributed by atoms with Gasteiger partial charge in [-0.3, -0.25) is 0 Å². The highest BCUT2D eigenvalue weighted by Gasteiger charge is 2.17. The van der Waals surface area contributed by atoms with Crippen molar-refractivity contribution >= 4 is 0 Å².